The van der Waals surface area contributed by atoms with E-state index in [1.165, 1.54) is 46.1 Å². The maximum Gasteiger partial charge on any atom is 0.0944 e. The van der Waals surface area contributed by atoms with Crippen LogP contribution in [0, 0.1) is 26.7 Å². The van der Waals surface area contributed by atoms with E-state index in [1.807, 2.05) is 6.20 Å². The van der Waals surface area contributed by atoms with Gasteiger partial charge in [-0.15, -0.1) is 0 Å². The molecule has 1 aliphatic carbocycles. The van der Waals surface area contributed by atoms with Crippen molar-refractivity contribution in [2.75, 3.05) is 0 Å². The zero-order valence-corrected chi connectivity index (χ0v) is 13.6. The van der Waals surface area contributed by atoms with Gasteiger partial charge in [0.05, 0.1) is 11.2 Å². The summed E-state index contributed by atoms with van der Waals surface area (Å²) in [6.45, 7) is 7.75. The Kier molecular flexibility index (Phi) is 3.07. The molecule has 3 aromatic rings. The Bertz CT molecular complexity index is 836. The number of pyridine rings is 1. The van der Waals surface area contributed by atoms with Crippen molar-refractivity contribution in [1.29, 1.82) is 0 Å². The van der Waals surface area contributed by atoms with Crippen LogP contribution < -0.4 is 0 Å². The average molecular weight is 290 g/mol. The second kappa shape index (κ2) is 4.98. The lowest BCUT2D eigenvalue weighted by atomic mass is 10.1. The van der Waals surface area contributed by atoms with Gasteiger partial charge in [0.15, 0.2) is 0 Å². The van der Waals surface area contributed by atoms with Gasteiger partial charge in [-0.3, -0.25) is 4.98 Å². The molecule has 0 bridgehead atoms. The Morgan fingerprint density at radius 2 is 1.77 bits per heavy atom. The zero-order valence-electron chi connectivity index (χ0n) is 13.6. The number of hydrogen-bond donors (Lipinski definition) is 0. The number of aryl methyl sites for hydroxylation is 2. The second-order valence-corrected chi connectivity index (χ2v) is 6.69. The highest BCUT2D eigenvalue weighted by Crippen LogP contribution is 2.37. The number of aromatic nitrogens is 2. The van der Waals surface area contributed by atoms with Crippen molar-refractivity contribution in [3.63, 3.8) is 0 Å². The van der Waals surface area contributed by atoms with Crippen LogP contribution in [0.3, 0.4) is 0 Å². The van der Waals surface area contributed by atoms with Gasteiger partial charge in [0, 0.05) is 29.4 Å². The standard InChI is InChI=1S/C20H22N2/c1-13-4-8-17(9-5-13)19-20-18(10-11-21-19)14(2)15(3)22(20)12-16-6-7-16/h4-5,8-11,16H,6-7,12H2,1-3H3. The first-order chi connectivity index (χ1) is 10.6. The van der Waals surface area contributed by atoms with Crippen molar-refractivity contribution in [3.8, 4) is 11.3 Å². The van der Waals surface area contributed by atoms with E-state index in [4.69, 9.17) is 4.98 Å². The lowest BCUT2D eigenvalue weighted by molar-refractivity contribution is 0.632. The quantitative estimate of drug-likeness (QED) is 0.661. The Hall–Kier alpha value is -2.09. The molecule has 0 aliphatic heterocycles. The number of benzene rings is 1. The van der Waals surface area contributed by atoms with E-state index in [1.54, 1.807) is 0 Å². The highest BCUT2D eigenvalue weighted by Gasteiger charge is 2.25. The molecule has 0 atom stereocenters. The van der Waals surface area contributed by atoms with Gasteiger partial charge in [-0.25, -0.2) is 0 Å². The zero-order chi connectivity index (χ0) is 15.3. The molecule has 2 heteroatoms. The summed E-state index contributed by atoms with van der Waals surface area (Å²) in [5.41, 5.74) is 7.72. The van der Waals surface area contributed by atoms with Crippen LogP contribution in [0.1, 0.15) is 29.7 Å². The summed E-state index contributed by atoms with van der Waals surface area (Å²) in [5.74, 6) is 0.861. The Labute approximate surface area is 131 Å². The minimum absolute atomic E-state index is 0.861. The van der Waals surface area contributed by atoms with Crippen LogP contribution in [0.5, 0.6) is 0 Å². The van der Waals surface area contributed by atoms with Crippen molar-refractivity contribution in [1.82, 2.24) is 9.55 Å². The summed E-state index contributed by atoms with van der Waals surface area (Å²) >= 11 is 0. The van der Waals surface area contributed by atoms with E-state index in [9.17, 15) is 0 Å². The third-order valence-electron chi connectivity index (χ3n) is 5.01. The van der Waals surface area contributed by atoms with Crippen LogP contribution in [0.25, 0.3) is 22.2 Å². The van der Waals surface area contributed by atoms with Crippen LogP contribution in [0.15, 0.2) is 36.5 Å². The van der Waals surface area contributed by atoms with Crippen molar-refractivity contribution in [2.45, 2.75) is 40.2 Å². The number of fused-ring (bicyclic) bond motifs is 1. The molecule has 1 aliphatic rings. The summed E-state index contributed by atoms with van der Waals surface area (Å²) in [5, 5.41) is 1.35. The molecule has 22 heavy (non-hydrogen) atoms. The van der Waals surface area contributed by atoms with Crippen molar-refractivity contribution >= 4 is 10.9 Å². The SMILES string of the molecule is Cc1ccc(-c2nccc3c(C)c(C)n(CC4CC4)c23)cc1. The van der Waals surface area contributed by atoms with Crippen molar-refractivity contribution in [3.05, 3.63) is 53.3 Å². The molecule has 0 spiro atoms. The molecule has 2 nitrogen and oxygen atoms in total. The maximum atomic E-state index is 4.73. The second-order valence-electron chi connectivity index (χ2n) is 6.69. The molecule has 0 saturated heterocycles. The molecular weight excluding hydrogens is 268 g/mol. The number of nitrogens with zero attached hydrogens (tertiary/aromatic N) is 2. The summed E-state index contributed by atoms with van der Waals surface area (Å²) in [4.78, 5) is 4.73. The summed E-state index contributed by atoms with van der Waals surface area (Å²) in [6, 6.07) is 10.9. The molecule has 0 radical (unpaired) electrons. The molecule has 2 heterocycles. The molecule has 1 aromatic carbocycles. The summed E-state index contributed by atoms with van der Waals surface area (Å²) < 4.78 is 2.50. The summed E-state index contributed by atoms with van der Waals surface area (Å²) in [6.07, 6.45) is 4.70. The lowest BCUT2D eigenvalue weighted by Crippen LogP contribution is -2.03. The largest absolute Gasteiger partial charge is 0.343 e. The predicted molar refractivity (Wildman–Crippen MR) is 92.1 cm³/mol. The minimum Gasteiger partial charge on any atom is -0.343 e. The van der Waals surface area contributed by atoms with Crippen molar-refractivity contribution < 1.29 is 0 Å². The van der Waals surface area contributed by atoms with Crippen LogP contribution in [0.2, 0.25) is 0 Å². The molecule has 2 aromatic heterocycles. The molecule has 112 valence electrons. The Morgan fingerprint density at radius 1 is 1.05 bits per heavy atom. The first-order valence-corrected chi connectivity index (χ1v) is 8.16. The van der Waals surface area contributed by atoms with Gasteiger partial charge < -0.3 is 4.57 Å². The van der Waals surface area contributed by atoms with E-state index in [2.05, 4.69) is 55.7 Å². The monoisotopic (exact) mass is 290 g/mol. The van der Waals surface area contributed by atoms with Gasteiger partial charge in [0.25, 0.3) is 0 Å². The smallest absolute Gasteiger partial charge is 0.0944 e. The summed E-state index contributed by atoms with van der Waals surface area (Å²) in [7, 11) is 0. The fraction of sp³-hybridized carbons (Fsp3) is 0.350. The molecule has 0 N–H and O–H groups in total. The van der Waals surface area contributed by atoms with Crippen LogP contribution in [-0.2, 0) is 6.54 Å². The van der Waals surface area contributed by atoms with E-state index in [0.717, 1.165) is 18.2 Å². The number of hydrogen-bond acceptors (Lipinski definition) is 1. The molecule has 4 rings (SSSR count). The lowest BCUT2D eigenvalue weighted by Gasteiger charge is -2.11. The van der Waals surface area contributed by atoms with Gasteiger partial charge in [0.2, 0.25) is 0 Å². The average Bonchev–Trinajstić information content (AvgIpc) is 3.32. The van der Waals surface area contributed by atoms with Gasteiger partial charge in [-0.2, -0.15) is 0 Å². The molecule has 0 unspecified atom stereocenters. The number of rotatable bonds is 3. The van der Waals surface area contributed by atoms with E-state index < -0.39 is 0 Å². The van der Waals surface area contributed by atoms with E-state index >= 15 is 0 Å². The van der Waals surface area contributed by atoms with Crippen LogP contribution in [-0.4, -0.2) is 9.55 Å². The normalized spacial score (nSPS) is 14.7. The maximum absolute atomic E-state index is 4.73. The predicted octanol–water partition coefficient (Wildman–Crippen LogP) is 5.04. The van der Waals surface area contributed by atoms with E-state index in [-0.39, 0.29) is 0 Å². The van der Waals surface area contributed by atoms with Crippen LogP contribution >= 0.6 is 0 Å². The highest BCUT2D eigenvalue weighted by molar-refractivity contribution is 5.95. The third kappa shape index (κ3) is 2.14. The van der Waals surface area contributed by atoms with Gasteiger partial charge in [-0.05, 0) is 51.2 Å². The topological polar surface area (TPSA) is 17.8 Å². The van der Waals surface area contributed by atoms with Crippen molar-refractivity contribution in [2.24, 2.45) is 5.92 Å². The third-order valence-corrected chi connectivity index (χ3v) is 5.01. The molecule has 1 saturated carbocycles. The molecular formula is C20H22N2. The van der Waals surface area contributed by atoms with E-state index in [0.29, 0.717) is 0 Å². The van der Waals surface area contributed by atoms with Gasteiger partial charge in [-0.1, -0.05) is 29.8 Å². The first kappa shape index (κ1) is 13.6. The Balaban J connectivity index is 1.97. The van der Waals surface area contributed by atoms with Gasteiger partial charge >= 0.3 is 0 Å². The Morgan fingerprint density at radius 3 is 2.45 bits per heavy atom. The molecule has 0 amide bonds. The molecule has 1 fully saturated rings. The fourth-order valence-electron chi connectivity index (χ4n) is 3.30. The fourth-order valence-corrected chi connectivity index (χ4v) is 3.30. The minimum atomic E-state index is 0.861. The van der Waals surface area contributed by atoms with Gasteiger partial charge in [0.1, 0.15) is 0 Å². The highest BCUT2D eigenvalue weighted by atomic mass is 15.0. The van der Waals surface area contributed by atoms with Crippen LogP contribution in [0.4, 0.5) is 0 Å². The first-order valence-electron chi connectivity index (χ1n) is 8.16.